The maximum Gasteiger partial charge on any atom is 0.239 e. The van der Waals surface area contributed by atoms with Crippen LogP contribution in [0.3, 0.4) is 0 Å². The number of primary sulfonamides is 1. The number of nitrogens with zero attached hydrogens (tertiary/aromatic N) is 3. The summed E-state index contributed by atoms with van der Waals surface area (Å²) in [5, 5.41) is 11.0. The highest BCUT2D eigenvalue weighted by Gasteiger charge is 2.19. The van der Waals surface area contributed by atoms with Gasteiger partial charge >= 0.3 is 0 Å². The molecule has 0 bridgehead atoms. The first kappa shape index (κ1) is 25.5. The number of hydrogen-bond acceptors (Lipinski definition) is 6. The highest BCUT2D eigenvalue weighted by atomic mass is 32.2. The summed E-state index contributed by atoms with van der Waals surface area (Å²) in [5.74, 6) is 0.676. The van der Waals surface area contributed by atoms with Gasteiger partial charge in [-0.15, -0.1) is 0 Å². The summed E-state index contributed by atoms with van der Waals surface area (Å²) in [4.78, 5) is 13.9. The molecule has 0 spiro atoms. The number of aromatic nitrogens is 3. The van der Waals surface area contributed by atoms with E-state index in [9.17, 15) is 8.42 Å². The minimum absolute atomic E-state index is 0.0476. The summed E-state index contributed by atoms with van der Waals surface area (Å²) in [5.41, 5.74) is 4.67. The van der Waals surface area contributed by atoms with E-state index in [0.29, 0.717) is 35.7 Å². The molecule has 0 atom stereocenters. The van der Waals surface area contributed by atoms with Crippen LogP contribution in [0.5, 0.6) is 0 Å². The van der Waals surface area contributed by atoms with Gasteiger partial charge in [-0.2, -0.15) is 0 Å². The summed E-state index contributed by atoms with van der Waals surface area (Å²) in [6.45, 7) is 2.53. The third kappa shape index (κ3) is 5.56. The lowest BCUT2D eigenvalue weighted by Gasteiger charge is -2.16. The predicted molar refractivity (Wildman–Crippen MR) is 152 cm³/mol. The van der Waals surface area contributed by atoms with E-state index in [2.05, 4.69) is 33.5 Å². The SMILES string of the molecule is CCCCc1ncc(-c2cc3cccc(-c4ccccc4)c3c(NCc3ccccn3)n2)cc1S(N)(=O)=O. The molecule has 0 aliphatic rings. The van der Waals surface area contributed by atoms with Crippen molar-refractivity contribution in [1.29, 1.82) is 0 Å². The normalized spacial score (nSPS) is 11.5. The van der Waals surface area contributed by atoms with Crippen LogP contribution in [0, 0.1) is 0 Å². The summed E-state index contributed by atoms with van der Waals surface area (Å²) in [6, 6.07) is 25.6. The number of fused-ring (bicyclic) bond motifs is 1. The Hall–Kier alpha value is -4.14. The molecule has 3 N–H and O–H groups in total. The predicted octanol–water partition coefficient (Wildman–Crippen LogP) is 5.96. The topological polar surface area (TPSA) is 111 Å². The molecule has 7 nitrogen and oxygen atoms in total. The van der Waals surface area contributed by atoms with Crippen LogP contribution in [0.4, 0.5) is 5.82 Å². The highest BCUT2D eigenvalue weighted by molar-refractivity contribution is 7.89. The Balaban J connectivity index is 1.67. The van der Waals surface area contributed by atoms with Gasteiger partial charge in [0.15, 0.2) is 0 Å². The number of aryl methyl sites for hydroxylation is 1. The maximum absolute atomic E-state index is 12.4. The van der Waals surface area contributed by atoms with Crippen molar-refractivity contribution >= 4 is 26.6 Å². The van der Waals surface area contributed by atoms with Gasteiger partial charge in [-0.25, -0.2) is 18.5 Å². The van der Waals surface area contributed by atoms with Gasteiger partial charge in [0.1, 0.15) is 10.7 Å². The Labute approximate surface area is 222 Å². The van der Waals surface area contributed by atoms with Crippen molar-refractivity contribution < 1.29 is 8.42 Å². The number of anilines is 1. The smallest absolute Gasteiger partial charge is 0.239 e. The highest BCUT2D eigenvalue weighted by Crippen LogP contribution is 2.36. The fourth-order valence-corrected chi connectivity index (χ4v) is 5.29. The average molecular weight is 524 g/mol. The summed E-state index contributed by atoms with van der Waals surface area (Å²) in [7, 11) is -3.95. The first-order valence-corrected chi connectivity index (χ1v) is 14.1. The monoisotopic (exact) mass is 523 g/mol. The van der Waals surface area contributed by atoms with E-state index in [0.717, 1.165) is 40.4 Å². The number of benzene rings is 2. The second-order valence-corrected chi connectivity index (χ2v) is 10.6. The summed E-state index contributed by atoms with van der Waals surface area (Å²) < 4.78 is 24.9. The number of unbranched alkanes of at least 4 members (excludes halogenated alkanes) is 1. The Kier molecular flexibility index (Phi) is 7.44. The molecule has 3 heterocycles. The third-order valence-electron chi connectivity index (χ3n) is 6.41. The van der Waals surface area contributed by atoms with E-state index in [1.165, 1.54) is 0 Å². The number of pyridine rings is 3. The van der Waals surface area contributed by atoms with Crippen molar-refractivity contribution in [3.05, 3.63) is 103 Å². The molecular weight excluding hydrogens is 494 g/mol. The molecule has 8 heteroatoms. The van der Waals surface area contributed by atoms with Crippen LogP contribution in [-0.2, 0) is 23.0 Å². The van der Waals surface area contributed by atoms with E-state index in [1.807, 2.05) is 61.5 Å². The fourth-order valence-electron chi connectivity index (χ4n) is 4.51. The first-order chi connectivity index (χ1) is 18.4. The molecule has 0 radical (unpaired) electrons. The van der Waals surface area contributed by atoms with Crippen LogP contribution >= 0.6 is 0 Å². The molecule has 5 aromatic rings. The van der Waals surface area contributed by atoms with Crippen molar-refractivity contribution in [2.45, 2.75) is 37.6 Å². The number of rotatable bonds is 9. The molecule has 38 heavy (non-hydrogen) atoms. The lowest BCUT2D eigenvalue weighted by Crippen LogP contribution is -2.16. The second-order valence-electron chi connectivity index (χ2n) is 9.12. The van der Waals surface area contributed by atoms with E-state index in [4.69, 9.17) is 10.1 Å². The van der Waals surface area contributed by atoms with Gasteiger partial charge in [-0.1, -0.05) is 67.9 Å². The largest absolute Gasteiger partial charge is 0.364 e. The molecule has 3 aromatic heterocycles. The van der Waals surface area contributed by atoms with Gasteiger partial charge < -0.3 is 5.32 Å². The van der Waals surface area contributed by atoms with Crippen LogP contribution in [-0.4, -0.2) is 23.4 Å². The van der Waals surface area contributed by atoms with E-state index in [1.54, 1.807) is 18.5 Å². The quantitative estimate of drug-likeness (QED) is 0.247. The Morgan fingerprint density at radius 1 is 0.895 bits per heavy atom. The molecule has 0 saturated carbocycles. The number of hydrogen-bond donors (Lipinski definition) is 2. The van der Waals surface area contributed by atoms with Crippen molar-refractivity contribution in [1.82, 2.24) is 15.0 Å². The molecule has 0 amide bonds. The molecular formula is C30H29N5O2S. The van der Waals surface area contributed by atoms with Crippen LogP contribution < -0.4 is 10.5 Å². The molecule has 0 fully saturated rings. The van der Waals surface area contributed by atoms with Crippen LogP contribution in [0.1, 0.15) is 31.2 Å². The zero-order valence-corrected chi connectivity index (χ0v) is 21.9. The average Bonchev–Trinajstić information content (AvgIpc) is 2.94. The second kappa shape index (κ2) is 11.1. The Morgan fingerprint density at radius 3 is 2.45 bits per heavy atom. The molecule has 192 valence electrons. The maximum atomic E-state index is 12.4. The lowest BCUT2D eigenvalue weighted by atomic mass is 9.97. The molecule has 5 rings (SSSR count). The Morgan fingerprint density at radius 2 is 1.71 bits per heavy atom. The number of nitrogens with two attached hydrogens (primary N) is 1. The number of nitrogens with one attached hydrogen (secondary N) is 1. The Bertz CT molecular complexity index is 1670. The minimum Gasteiger partial charge on any atom is -0.364 e. The standard InChI is InChI=1S/C30H29N5O2S/c1-2-3-15-26-28(38(31,36)37)18-23(19-33-26)27-17-22-12-9-14-25(21-10-5-4-6-11-21)29(22)30(35-27)34-20-24-13-7-8-16-32-24/h4-14,16-19H,2-3,15,20H2,1H3,(H,34,35)(H2,31,36,37). The van der Waals surface area contributed by atoms with Crippen molar-refractivity contribution in [2.24, 2.45) is 5.14 Å². The van der Waals surface area contributed by atoms with Crippen LogP contribution in [0.2, 0.25) is 0 Å². The molecule has 2 aromatic carbocycles. The van der Waals surface area contributed by atoms with Crippen LogP contribution in [0.15, 0.2) is 96.2 Å². The first-order valence-electron chi connectivity index (χ1n) is 12.6. The van der Waals surface area contributed by atoms with Crippen LogP contribution in [0.25, 0.3) is 33.2 Å². The van der Waals surface area contributed by atoms with Gasteiger partial charge in [-0.05, 0) is 53.6 Å². The zero-order valence-electron chi connectivity index (χ0n) is 21.1. The van der Waals surface area contributed by atoms with E-state index < -0.39 is 10.0 Å². The molecule has 0 saturated heterocycles. The summed E-state index contributed by atoms with van der Waals surface area (Å²) >= 11 is 0. The summed E-state index contributed by atoms with van der Waals surface area (Å²) in [6.07, 6.45) is 5.74. The van der Waals surface area contributed by atoms with Crippen molar-refractivity contribution in [3.63, 3.8) is 0 Å². The molecule has 0 aliphatic heterocycles. The van der Waals surface area contributed by atoms with Gasteiger partial charge in [0, 0.05) is 23.3 Å². The minimum atomic E-state index is -3.95. The molecule has 0 unspecified atom stereocenters. The van der Waals surface area contributed by atoms with E-state index in [-0.39, 0.29) is 4.90 Å². The third-order valence-corrected chi connectivity index (χ3v) is 7.37. The van der Waals surface area contributed by atoms with Gasteiger partial charge in [0.05, 0.1) is 23.6 Å². The van der Waals surface area contributed by atoms with Gasteiger partial charge in [0.25, 0.3) is 0 Å². The zero-order chi connectivity index (χ0) is 26.5. The molecule has 0 aliphatic carbocycles. The van der Waals surface area contributed by atoms with Gasteiger partial charge in [-0.3, -0.25) is 9.97 Å². The fraction of sp³-hybridized carbons (Fsp3) is 0.167. The van der Waals surface area contributed by atoms with Crippen molar-refractivity contribution in [2.75, 3.05) is 5.32 Å². The van der Waals surface area contributed by atoms with E-state index >= 15 is 0 Å². The van der Waals surface area contributed by atoms with Gasteiger partial charge in [0.2, 0.25) is 10.0 Å². The van der Waals surface area contributed by atoms with Crippen molar-refractivity contribution in [3.8, 4) is 22.4 Å². The number of sulfonamides is 1. The lowest BCUT2D eigenvalue weighted by molar-refractivity contribution is 0.595.